The van der Waals surface area contributed by atoms with Crippen molar-refractivity contribution in [3.63, 3.8) is 0 Å². The molecular weight excluding hydrogens is 303 g/mol. The first-order valence-electron chi connectivity index (χ1n) is 4.99. The van der Waals surface area contributed by atoms with Crippen molar-refractivity contribution >= 4 is 33.5 Å². The molecule has 0 bridgehead atoms. The third kappa shape index (κ3) is 9.78. The van der Waals surface area contributed by atoms with Crippen LogP contribution in [0.5, 0.6) is 0 Å². The third-order valence-corrected chi connectivity index (χ3v) is 4.03. The van der Waals surface area contributed by atoms with Gasteiger partial charge in [0.1, 0.15) is 0 Å². The molecule has 0 fully saturated rings. The predicted octanol–water partition coefficient (Wildman–Crippen LogP) is 1.49. The van der Waals surface area contributed by atoms with Crippen LogP contribution in [0.2, 0.25) is 4.44 Å². The molecule has 15 heavy (non-hydrogen) atoms. The summed E-state index contributed by atoms with van der Waals surface area (Å²) in [6, 6.07) is 0. The Balaban J connectivity index is 3.59. The minimum absolute atomic E-state index is 0.311. The predicted molar refractivity (Wildman–Crippen MR) is 57.3 cm³/mol. The van der Waals surface area contributed by atoms with Crippen LogP contribution < -0.4 is 0 Å². The molecule has 0 aliphatic carbocycles. The van der Waals surface area contributed by atoms with Gasteiger partial charge < -0.3 is 0 Å². The quantitative estimate of drug-likeness (QED) is 0.309. The van der Waals surface area contributed by atoms with E-state index < -0.39 is 33.5 Å². The minimum atomic E-state index is -1.02. The normalized spacial score (nSPS) is 10.3. The number of esters is 1. The monoisotopic (exact) mass is 320 g/mol. The Kier molecular flexibility index (Phi) is 9.66. The van der Waals surface area contributed by atoms with Gasteiger partial charge >= 0.3 is 101 Å². The zero-order valence-corrected chi connectivity index (χ0v) is 12.0. The van der Waals surface area contributed by atoms with Crippen LogP contribution >= 0.6 is 0 Å². The summed E-state index contributed by atoms with van der Waals surface area (Å²) < 4.78 is 10.7. The van der Waals surface area contributed by atoms with E-state index in [2.05, 4.69) is 11.7 Å². The molecule has 4 nitrogen and oxygen atoms in total. The number of hydrogen-bond donors (Lipinski definition) is 0. The van der Waals surface area contributed by atoms with Crippen molar-refractivity contribution in [2.45, 2.75) is 31.1 Å². The van der Waals surface area contributed by atoms with Gasteiger partial charge in [-0.2, -0.15) is 0 Å². The van der Waals surface area contributed by atoms with Crippen molar-refractivity contribution in [3.05, 3.63) is 12.2 Å². The SMILES string of the molecule is CCC[CH2][Sn][O]C(=O)/C=C\C(=O)OCC. The maximum atomic E-state index is 11.0. The molecule has 84 valence electrons. The van der Waals surface area contributed by atoms with Gasteiger partial charge in [0.15, 0.2) is 0 Å². The van der Waals surface area contributed by atoms with Gasteiger partial charge in [0.05, 0.1) is 0 Å². The Bertz CT molecular complexity index is 225. The average molecular weight is 319 g/mol. The molecule has 0 atom stereocenters. The Morgan fingerprint density at radius 2 is 1.87 bits per heavy atom. The van der Waals surface area contributed by atoms with Gasteiger partial charge in [0, 0.05) is 0 Å². The first-order valence-corrected chi connectivity index (χ1v) is 8.17. The topological polar surface area (TPSA) is 52.6 Å². The van der Waals surface area contributed by atoms with Gasteiger partial charge in [-0.05, 0) is 0 Å². The van der Waals surface area contributed by atoms with E-state index in [9.17, 15) is 9.59 Å². The maximum absolute atomic E-state index is 11.0. The van der Waals surface area contributed by atoms with E-state index in [-0.39, 0.29) is 0 Å². The van der Waals surface area contributed by atoms with Gasteiger partial charge in [-0.15, -0.1) is 0 Å². The van der Waals surface area contributed by atoms with Crippen LogP contribution in [0.3, 0.4) is 0 Å². The summed E-state index contributed by atoms with van der Waals surface area (Å²) in [5.74, 6) is -0.931. The second-order valence-electron chi connectivity index (χ2n) is 2.75. The van der Waals surface area contributed by atoms with E-state index in [4.69, 9.17) is 3.07 Å². The van der Waals surface area contributed by atoms with Crippen LogP contribution in [0.4, 0.5) is 0 Å². The van der Waals surface area contributed by atoms with Crippen molar-refractivity contribution in [1.29, 1.82) is 0 Å². The summed E-state index contributed by atoms with van der Waals surface area (Å²) in [5.41, 5.74) is 0. The molecule has 0 aliphatic rings. The van der Waals surface area contributed by atoms with E-state index in [1.54, 1.807) is 6.92 Å². The van der Waals surface area contributed by atoms with Gasteiger partial charge in [-0.1, -0.05) is 0 Å². The van der Waals surface area contributed by atoms with Crippen LogP contribution in [0.25, 0.3) is 0 Å². The van der Waals surface area contributed by atoms with Crippen molar-refractivity contribution in [1.82, 2.24) is 0 Å². The van der Waals surface area contributed by atoms with Gasteiger partial charge in [-0.3, -0.25) is 0 Å². The van der Waals surface area contributed by atoms with E-state index in [1.807, 2.05) is 0 Å². The molecule has 0 aromatic carbocycles. The fraction of sp³-hybridized carbons (Fsp3) is 0.600. The molecule has 2 radical (unpaired) electrons. The van der Waals surface area contributed by atoms with E-state index in [0.717, 1.165) is 29.4 Å². The Morgan fingerprint density at radius 3 is 2.47 bits per heavy atom. The number of hydrogen-bond acceptors (Lipinski definition) is 4. The zero-order valence-electron chi connectivity index (χ0n) is 9.12. The molecule has 0 N–H and O–H groups in total. The van der Waals surface area contributed by atoms with Crippen LogP contribution in [0, 0.1) is 0 Å². The summed E-state index contributed by atoms with van der Waals surface area (Å²) in [6.45, 7) is 4.12. The molecule has 0 aromatic heterocycles. The zero-order chi connectivity index (χ0) is 11.5. The Labute approximate surface area is 101 Å². The fourth-order valence-corrected chi connectivity index (χ4v) is 3.04. The Hall–Kier alpha value is -0.521. The van der Waals surface area contributed by atoms with Crippen molar-refractivity contribution in [3.8, 4) is 0 Å². The molecule has 0 aliphatic heterocycles. The summed E-state index contributed by atoms with van der Waals surface area (Å²) in [6.07, 6.45) is 4.47. The third-order valence-electron chi connectivity index (χ3n) is 1.45. The first kappa shape index (κ1) is 14.5. The molecule has 0 amide bonds. The van der Waals surface area contributed by atoms with E-state index in [1.165, 1.54) is 0 Å². The summed E-state index contributed by atoms with van der Waals surface area (Å²) in [5, 5.41) is 0. The van der Waals surface area contributed by atoms with Crippen molar-refractivity contribution in [2.24, 2.45) is 0 Å². The molecule has 0 spiro atoms. The van der Waals surface area contributed by atoms with Crippen molar-refractivity contribution < 1.29 is 17.4 Å². The van der Waals surface area contributed by atoms with E-state index >= 15 is 0 Å². The number of carbonyl (C=O) groups excluding carboxylic acids is 2. The summed E-state index contributed by atoms with van der Waals surface area (Å²) in [7, 11) is 0. The summed E-state index contributed by atoms with van der Waals surface area (Å²) >= 11 is -1.02. The fourth-order valence-electron chi connectivity index (χ4n) is 0.732. The van der Waals surface area contributed by atoms with Gasteiger partial charge in [0.25, 0.3) is 0 Å². The molecular formula is C10H16O4Sn. The second kappa shape index (κ2) is 10.0. The summed E-state index contributed by atoms with van der Waals surface area (Å²) in [4.78, 5) is 21.9. The van der Waals surface area contributed by atoms with E-state index in [0.29, 0.717) is 6.61 Å². The molecule has 0 saturated carbocycles. The van der Waals surface area contributed by atoms with Gasteiger partial charge in [-0.25, -0.2) is 0 Å². The number of ether oxygens (including phenoxy) is 1. The molecule has 0 heterocycles. The first-order chi connectivity index (χ1) is 7.20. The molecule has 0 unspecified atom stereocenters. The van der Waals surface area contributed by atoms with Crippen LogP contribution in [-0.2, 0) is 17.4 Å². The van der Waals surface area contributed by atoms with Crippen LogP contribution in [-0.4, -0.2) is 40.1 Å². The number of unbranched alkanes of at least 4 members (excludes halogenated alkanes) is 1. The van der Waals surface area contributed by atoms with Gasteiger partial charge in [0.2, 0.25) is 0 Å². The Morgan fingerprint density at radius 1 is 1.20 bits per heavy atom. The molecule has 0 saturated heterocycles. The molecule has 0 aromatic rings. The molecule has 0 rings (SSSR count). The number of carbonyl (C=O) groups is 2. The van der Waals surface area contributed by atoms with Crippen molar-refractivity contribution in [2.75, 3.05) is 6.61 Å². The number of rotatable bonds is 7. The standard InChI is InChI=1S/C6H8O4.C4H9.Sn/c1-2-10-6(9)4-3-5(7)8;1-3-4-2;/h3-4H,2H2,1H3,(H,7,8);1,3-4H2,2H3;/q;;+1/p-1/b4-3-;;. The second-order valence-corrected chi connectivity index (χ2v) is 5.59. The van der Waals surface area contributed by atoms with Crippen LogP contribution in [0.15, 0.2) is 12.2 Å². The van der Waals surface area contributed by atoms with Crippen LogP contribution in [0.1, 0.15) is 26.7 Å². The molecule has 5 heteroatoms. The average Bonchev–Trinajstić information content (AvgIpc) is 2.22.